The van der Waals surface area contributed by atoms with Crippen molar-refractivity contribution in [3.63, 3.8) is 0 Å². The van der Waals surface area contributed by atoms with Gasteiger partial charge in [-0.15, -0.1) is 0 Å². The molecule has 1 amide bonds. The molecule has 2 saturated heterocycles. The van der Waals surface area contributed by atoms with Gasteiger partial charge in [0, 0.05) is 55.4 Å². The van der Waals surface area contributed by atoms with Crippen molar-refractivity contribution in [3.8, 4) is 0 Å². The summed E-state index contributed by atoms with van der Waals surface area (Å²) in [4.78, 5) is 35.9. The van der Waals surface area contributed by atoms with Crippen LogP contribution in [0.1, 0.15) is 47.0 Å². The minimum Gasteiger partial charge on any atom is -0.464 e. The van der Waals surface area contributed by atoms with E-state index in [1.807, 2.05) is 11.0 Å². The third-order valence-corrected chi connectivity index (χ3v) is 7.71. The molecule has 0 N–H and O–H groups in total. The highest BCUT2D eigenvalue weighted by atomic mass is 79.9. The Morgan fingerprint density at radius 2 is 1.79 bits per heavy atom. The molecule has 0 bridgehead atoms. The largest absolute Gasteiger partial charge is 0.464 e. The minimum atomic E-state index is -0.440. The molecule has 1 aromatic heterocycles. The highest BCUT2D eigenvalue weighted by Gasteiger charge is 2.34. The Labute approximate surface area is 214 Å². The maximum atomic E-state index is 12.9. The minimum absolute atomic E-state index is 0.0831. The quantitative estimate of drug-likeness (QED) is 0.405. The molecule has 182 valence electrons. The number of hydrogen-bond donors (Lipinski definition) is 0. The fraction of sp³-hybridized carbons (Fsp3) is 0.480. The highest BCUT2D eigenvalue weighted by Crippen LogP contribution is 2.30. The predicted octanol–water partition coefficient (Wildman–Crippen LogP) is 4.49. The molecule has 9 heteroatoms. The number of likely N-dealkylation sites (tertiary alicyclic amines) is 1. The van der Waals surface area contributed by atoms with Crippen LogP contribution in [0.5, 0.6) is 0 Å². The summed E-state index contributed by atoms with van der Waals surface area (Å²) in [6, 6.07) is 11.7. The van der Waals surface area contributed by atoms with Crippen LogP contribution >= 0.6 is 27.5 Å². The molecule has 34 heavy (non-hydrogen) atoms. The molecule has 2 aliphatic heterocycles. The number of hydrogen-bond acceptors (Lipinski definition) is 6. The van der Waals surface area contributed by atoms with E-state index in [4.69, 9.17) is 16.3 Å². The Morgan fingerprint density at radius 3 is 2.41 bits per heavy atom. The van der Waals surface area contributed by atoms with E-state index in [0.29, 0.717) is 33.0 Å². The lowest BCUT2D eigenvalue weighted by molar-refractivity contribution is 0.0490. The number of esters is 1. The normalized spacial score (nSPS) is 19.8. The number of methoxy groups -OCH3 is 1. The predicted molar refractivity (Wildman–Crippen MR) is 137 cm³/mol. The van der Waals surface area contributed by atoms with Gasteiger partial charge in [0.2, 0.25) is 0 Å². The lowest BCUT2D eigenvalue weighted by atomic mass is 9.97. The summed E-state index contributed by atoms with van der Waals surface area (Å²) in [6.45, 7) is 6.52. The zero-order valence-electron chi connectivity index (χ0n) is 19.5. The molecule has 2 aromatic rings. The molecular formula is C25H30BrClN4O3. The van der Waals surface area contributed by atoms with E-state index in [9.17, 15) is 9.59 Å². The van der Waals surface area contributed by atoms with Crippen molar-refractivity contribution in [2.75, 3.05) is 44.7 Å². The first-order valence-electron chi connectivity index (χ1n) is 11.7. The highest BCUT2D eigenvalue weighted by molar-refractivity contribution is 9.10. The summed E-state index contributed by atoms with van der Waals surface area (Å²) in [5, 5.41) is 0.641. The molecule has 0 saturated carbocycles. The number of benzene rings is 1. The van der Waals surface area contributed by atoms with Gasteiger partial charge >= 0.3 is 5.97 Å². The van der Waals surface area contributed by atoms with E-state index in [1.165, 1.54) is 7.11 Å². The SMILES string of the molecule is CC[C@H]1CN(c2ccc(C(=O)OC)nc2Br)CCN1C1CCN(C(=O)c2ccc(Cl)cc2)CC1. The third kappa shape index (κ3) is 5.39. The Morgan fingerprint density at radius 1 is 1.09 bits per heavy atom. The monoisotopic (exact) mass is 548 g/mol. The van der Waals surface area contributed by atoms with Crippen molar-refractivity contribution >= 4 is 45.1 Å². The van der Waals surface area contributed by atoms with Crippen LogP contribution in [0.4, 0.5) is 5.69 Å². The average molecular weight is 550 g/mol. The molecule has 2 fully saturated rings. The Hall–Kier alpha value is -2.16. The van der Waals surface area contributed by atoms with Crippen LogP contribution in [0.15, 0.2) is 41.0 Å². The molecule has 0 radical (unpaired) electrons. The van der Waals surface area contributed by atoms with Crippen LogP contribution in [0.3, 0.4) is 0 Å². The first kappa shape index (κ1) is 24.9. The fourth-order valence-electron chi connectivity index (χ4n) is 4.99. The first-order valence-corrected chi connectivity index (χ1v) is 12.9. The van der Waals surface area contributed by atoms with E-state index in [1.54, 1.807) is 30.3 Å². The number of amides is 1. The van der Waals surface area contributed by atoms with Gasteiger partial charge in [0.1, 0.15) is 10.3 Å². The average Bonchev–Trinajstić information content (AvgIpc) is 2.88. The van der Waals surface area contributed by atoms with Crippen molar-refractivity contribution in [1.82, 2.24) is 14.8 Å². The van der Waals surface area contributed by atoms with Crippen molar-refractivity contribution < 1.29 is 14.3 Å². The Balaban J connectivity index is 1.36. The van der Waals surface area contributed by atoms with E-state index in [0.717, 1.165) is 57.7 Å². The van der Waals surface area contributed by atoms with E-state index < -0.39 is 5.97 Å². The molecule has 1 atom stereocenters. The number of anilines is 1. The van der Waals surface area contributed by atoms with Crippen molar-refractivity contribution in [2.45, 2.75) is 38.3 Å². The van der Waals surface area contributed by atoms with Gasteiger partial charge < -0.3 is 14.5 Å². The molecule has 0 unspecified atom stereocenters. The van der Waals surface area contributed by atoms with Gasteiger partial charge in [0.25, 0.3) is 5.91 Å². The summed E-state index contributed by atoms with van der Waals surface area (Å²) in [7, 11) is 1.36. The van der Waals surface area contributed by atoms with Gasteiger partial charge in [-0.05, 0) is 71.6 Å². The number of carbonyl (C=O) groups is 2. The Kier molecular flexibility index (Phi) is 8.11. The van der Waals surface area contributed by atoms with Crippen LogP contribution in [0, 0.1) is 0 Å². The van der Waals surface area contributed by atoms with Crippen LogP contribution in [0.2, 0.25) is 5.02 Å². The number of nitrogens with zero attached hydrogens (tertiary/aromatic N) is 4. The number of piperazine rings is 1. The van der Waals surface area contributed by atoms with Crippen molar-refractivity contribution in [2.24, 2.45) is 0 Å². The molecule has 0 spiro atoms. The summed E-state index contributed by atoms with van der Waals surface area (Å²) in [5.41, 5.74) is 1.98. The Bertz CT molecular complexity index is 1030. The fourth-order valence-corrected chi connectivity index (χ4v) is 5.69. The molecule has 0 aliphatic carbocycles. The summed E-state index contributed by atoms with van der Waals surface area (Å²) in [5.74, 6) is -0.357. The van der Waals surface area contributed by atoms with Gasteiger partial charge in [-0.3, -0.25) is 9.69 Å². The van der Waals surface area contributed by atoms with E-state index in [-0.39, 0.29) is 5.91 Å². The van der Waals surface area contributed by atoms with Crippen LogP contribution in [-0.4, -0.2) is 78.6 Å². The molecular weight excluding hydrogens is 520 g/mol. The number of piperidine rings is 1. The second kappa shape index (κ2) is 11.1. The van der Waals surface area contributed by atoms with Crippen LogP contribution in [-0.2, 0) is 4.74 Å². The van der Waals surface area contributed by atoms with E-state index >= 15 is 0 Å². The third-order valence-electron chi connectivity index (χ3n) is 6.88. The molecule has 2 aliphatic rings. The smallest absolute Gasteiger partial charge is 0.356 e. The zero-order valence-corrected chi connectivity index (χ0v) is 21.9. The van der Waals surface area contributed by atoms with E-state index in [2.05, 4.69) is 37.6 Å². The number of pyridine rings is 1. The summed E-state index contributed by atoms with van der Waals surface area (Å²) >= 11 is 9.50. The lowest BCUT2D eigenvalue weighted by Crippen LogP contribution is -2.58. The molecule has 3 heterocycles. The van der Waals surface area contributed by atoms with Gasteiger partial charge in [-0.2, -0.15) is 0 Å². The lowest BCUT2D eigenvalue weighted by Gasteiger charge is -2.48. The van der Waals surface area contributed by atoms with Gasteiger partial charge in [-0.1, -0.05) is 18.5 Å². The first-order chi connectivity index (χ1) is 16.4. The second-order valence-electron chi connectivity index (χ2n) is 8.77. The number of rotatable bonds is 5. The topological polar surface area (TPSA) is 66.0 Å². The van der Waals surface area contributed by atoms with Gasteiger partial charge in [0.15, 0.2) is 0 Å². The second-order valence-corrected chi connectivity index (χ2v) is 9.96. The number of ether oxygens (including phenoxy) is 1. The molecule has 1 aromatic carbocycles. The maximum absolute atomic E-state index is 12.9. The number of halogens is 2. The van der Waals surface area contributed by atoms with Crippen molar-refractivity contribution in [1.29, 1.82) is 0 Å². The zero-order chi connectivity index (χ0) is 24.2. The van der Waals surface area contributed by atoms with Crippen LogP contribution in [0.25, 0.3) is 0 Å². The van der Waals surface area contributed by atoms with Gasteiger partial charge in [-0.25, -0.2) is 9.78 Å². The van der Waals surface area contributed by atoms with Gasteiger partial charge in [0.05, 0.1) is 12.8 Å². The molecule has 7 nitrogen and oxygen atoms in total. The number of carbonyl (C=O) groups excluding carboxylic acids is 2. The van der Waals surface area contributed by atoms with Crippen LogP contribution < -0.4 is 4.90 Å². The number of aromatic nitrogens is 1. The molecule has 4 rings (SSSR count). The summed E-state index contributed by atoms with van der Waals surface area (Å²) in [6.07, 6.45) is 3.01. The standard InChI is InChI=1S/C25H30BrClN4O3/c1-3-19-16-30(22-9-8-21(25(33)34-2)28-23(22)26)14-15-31(19)20-10-12-29(13-11-20)24(32)17-4-6-18(27)7-5-17/h4-9,19-20H,3,10-16H2,1-2H3/t19-/m0/s1. The maximum Gasteiger partial charge on any atom is 0.356 e. The summed E-state index contributed by atoms with van der Waals surface area (Å²) < 4.78 is 5.43. The van der Waals surface area contributed by atoms with Crippen molar-refractivity contribution in [3.05, 3.63) is 57.3 Å².